The second-order valence-corrected chi connectivity index (χ2v) is 46.3. The van der Waals surface area contributed by atoms with Gasteiger partial charge in [0.25, 0.3) is 0 Å². The van der Waals surface area contributed by atoms with Crippen molar-refractivity contribution in [1.29, 1.82) is 10.5 Å². The van der Waals surface area contributed by atoms with Crippen LogP contribution in [0.25, 0.3) is 4.85 Å². The average molecular weight is 1870 g/mol. The Morgan fingerprint density at radius 3 is 0.823 bits per heavy atom. The summed E-state index contributed by atoms with van der Waals surface area (Å²) in [7, 11) is -1.06. The molecule has 0 aromatic heterocycles. The fourth-order valence-corrected chi connectivity index (χ4v) is 17.4. The Kier molecular flexibility index (Phi) is 44.9. The second kappa shape index (κ2) is 55.9. The van der Waals surface area contributed by atoms with Crippen molar-refractivity contribution < 1.29 is 0 Å². The van der Waals surface area contributed by atoms with Crippen molar-refractivity contribution in [2.75, 3.05) is 0 Å². The Balaban J connectivity index is 0.000000216. The van der Waals surface area contributed by atoms with Crippen LogP contribution in [-0.2, 0) is 32.5 Å². The molecule has 0 heterocycles. The van der Waals surface area contributed by atoms with Crippen LogP contribution >= 0.6 is 0 Å². The molecule has 0 aliphatic carbocycles. The van der Waals surface area contributed by atoms with Gasteiger partial charge in [0.15, 0.2) is 5.69 Å². The van der Waals surface area contributed by atoms with Crippen LogP contribution in [0.4, 0.5) is 5.69 Å². The zero-order valence-corrected chi connectivity index (χ0v) is 90.1. The van der Waals surface area contributed by atoms with Gasteiger partial charge in [-0.2, -0.15) is 10.5 Å². The molecule has 0 N–H and O–H groups in total. The van der Waals surface area contributed by atoms with Crippen LogP contribution in [0.3, 0.4) is 0 Å². The average Bonchev–Trinajstić information content (AvgIpc) is 0.732. The Labute approximate surface area is 852 Å². The molecule has 0 unspecified atom stereocenters. The van der Waals surface area contributed by atoms with E-state index in [-0.39, 0.29) is 32.5 Å². The standard InChI is InChI=1S/C26H22.C21H20.C16H18.3C11H16.C10H16Si.3C8H7N.C7H8/c1-21-12-11-19-25(20-21)26(22-13-5-2-6-14-22,23-15-7-3-8-16-23)24-17-9-4-10-18-24;1-17-10-9-15-20(16-17)21(2,18-11-5-3-6-12-18)19-13-7-4-8-14-19;1-13-8-7-11-15(12-13)16(2,3)14-9-5-4-6-10-14;1-9-5-7-10(8-6-9)11(2,3)4;1-9-6-5-7-10(8-9)11(2,3)4;1-9-7-5-6-8-10(9)11(2,3)4;1-9-5-7-10(8-6-9)11(2,3)4;1-7-5-3-4-6-8(7)9-2;1-7-2-4-8(6-9)5-3-7;1-7-3-2-4-8(5-7)6-9;1-7-5-3-2-4-6-7/h2-20H,1H3;3-16H,1-2H3;4-12H,1-3H3;4*5-8H,1-4H3;3-6H,1H3;2*2-5H,1H3;2-6H,1H3. The fourth-order valence-electron chi connectivity index (χ4n) is 16.2. The lowest BCUT2D eigenvalue weighted by molar-refractivity contribution is 0.586. The first kappa shape index (κ1) is 113. The molecule has 0 amide bonds. The topological polar surface area (TPSA) is 51.9 Å². The van der Waals surface area contributed by atoms with Crippen molar-refractivity contribution >= 4 is 18.9 Å². The van der Waals surface area contributed by atoms with E-state index in [1.54, 1.807) is 11.3 Å². The highest BCUT2D eigenvalue weighted by Crippen LogP contribution is 2.46. The van der Waals surface area contributed by atoms with Crippen LogP contribution in [0, 0.1) is 105 Å². The number of rotatable bonds is 10. The first-order valence-corrected chi connectivity index (χ1v) is 52.7. The Bertz CT molecular complexity index is 6440. The van der Waals surface area contributed by atoms with Gasteiger partial charge in [-0.05, 0) is 207 Å². The third kappa shape index (κ3) is 36.9. The maximum Gasteiger partial charge on any atom is 0.190 e. The van der Waals surface area contributed by atoms with Gasteiger partial charge in [0.05, 0.1) is 43.3 Å². The Morgan fingerprint density at radius 1 is 0.220 bits per heavy atom. The van der Waals surface area contributed by atoms with Crippen LogP contribution in [0.5, 0.6) is 0 Å². The van der Waals surface area contributed by atoms with Crippen molar-refractivity contribution in [2.45, 2.75) is 211 Å². The van der Waals surface area contributed by atoms with Crippen LogP contribution in [0.15, 0.2) is 455 Å². The fraction of sp³-hybridized carbons (Fsp3) is 0.234. The number of hydrogen-bond acceptors (Lipinski definition) is 2. The number of hydrogen-bond donors (Lipinski definition) is 0. The number of nitriles is 2. The number of nitrogens with zero attached hydrogens (tertiary/aromatic N) is 3. The summed E-state index contributed by atoms with van der Waals surface area (Å²) in [5.74, 6) is 0. The molecule has 0 aliphatic rings. The SMILES string of the molecule is Cc1ccc(C#N)cc1.Cc1ccc(C(C)(C)C)cc1.Cc1ccc([Si](C)(C)C)cc1.Cc1cccc(C#N)c1.Cc1cccc(C(C)(C)C)c1.Cc1cccc(C(C)(C)c2ccccc2)c1.Cc1cccc(C(C)(c2ccccc2)c2ccccc2)c1.Cc1cccc(C(c2ccccc2)(c2ccccc2)c2ccccc2)c1.Cc1ccccc1.Cc1ccccc1C(C)(C)C.[C-]#[N+]c1ccccc1C. The van der Waals surface area contributed by atoms with Crippen LogP contribution in [0.1, 0.15) is 222 Å². The maximum atomic E-state index is 8.41. The molecule has 17 aromatic rings. The van der Waals surface area contributed by atoms with Gasteiger partial charge in [0.1, 0.15) is 0 Å². The quantitative estimate of drug-likeness (QED) is 0.0778. The van der Waals surface area contributed by atoms with E-state index in [1.807, 2.05) is 106 Å². The van der Waals surface area contributed by atoms with E-state index >= 15 is 0 Å². The van der Waals surface area contributed by atoms with Gasteiger partial charge in [-0.3, -0.25) is 0 Å². The first-order chi connectivity index (χ1) is 67.0. The van der Waals surface area contributed by atoms with Gasteiger partial charge in [-0.1, -0.05) is 576 Å². The highest BCUT2D eigenvalue weighted by Gasteiger charge is 2.38. The van der Waals surface area contributed by atoms with Crippen LogP contribution < -0.4 is 5.19 Å². The molecule has 0 aliphatic heterocycles. The van der Waals surface area contributed by atoms with E-state index < -0.39 is 8.07 Å². The summed E-state index contributed by atoms with van der Waals surface area (Å²) in [6.45, 7) is 63.8. The van der Waals surface area contributed by atoms with Gasteiger partial charge >= 0.3 is 0 Å². The lowest BCUT2D eigenvalue weighted by Crippen LogP contribution is -2.37. The molecule has 0 radical (unpaired) electrons. The summed E-state index contributed by atoms with van der Waals surface area (Å²) < 4.78 is 0. The Hall–Kier alpha value is -14.6. The van der Waals surface area contributed by atoms with E-state index in [9.17, 15) is 0 Å². The van der Waals surface area contributed by atoms with Crippen molar-refractivity contribution in [3.8, 4) is 12.1 Å². The largest absolute Gasteiger partial charge is 0.238 e. The third-order valence-electron chi connectivity index (χ3n) is 24.8. The zero-order chi connectivity index (χ0) is 103. The molecule has 0 atom stereocenters. The smallest absolute Gasteiger partial charge is 0.190 e. The highest BCUT2D eigenvalue weighted by atomic mass is 28.3. The molecular formula is C137H153N3Si. The molecule has 0 saturated heterocycles. The molecule has 720 valence electrons. The second-order valence-electron chi connectivity index (χ2n) is 41.2. The predicted molar refractivity (Wildman–Crippen MR) is 613 cm³/mol. The van der Waals surface area contributed by atoms with Crippen molar-refractivity contribution in [2.24, 2.45) is 0 Å². The lowest BCUT2D eigenvalue weighted by Gasteiger charge is -2.37. The number of benzene rings is 17. The van der Waals surface area contributed by atoms with Crippen molar-refractivity contribution in [1.82, 2.24) is 0 Å². The highest BCUT2D eigenvalue weighted by molar-refractivity contribution is 6.88. The zero-order valence-electron chi connectivity index (χ0n) is 89.1. The summed E-state index contributed by atoms with van der Waals surface area (Å²) in [6, 6.07) is 163. The van der Waals surface area contributed by atoms with Gasteiger partial charge in [0, 0.05) is 10.8 Å². The summed E-state index contributed by atoms with van der Waals surface area (Å²) >= 11 is 0. The van der Waals surface area contributed by atoms with E-state index in [0.717, 1.165) is 27.9 Å². The normalized spacial score (nSPS) is 10.7. The first-order valence-electron chi connectivity index (χ1n) is 49.2. The molecule has 3 nitrogen and oxygen atoms in total. The molecule has 0 fully saturated rings. The minimum atomic E-state index is -1.06. The Morgan fingerprint density at radius 2 is 0.504 bits per heavy atom. The maximum absolute atomic E-state index is 8.41. The third-order valence-corrected chi connectivity index (χ3v) is 26.8. The van der Waals surface area contributed by atoms with E-state index in [4.69, 9.17) is 17.1 Å². The molecule has 17 aromatic carbocycles. The van der Waals surface area contributed by atoms with Gasteiger partial charge in [-0.15, -0.1) is 0 Å². The minimum Gasteiger partial charge on any atom is -0.238 e. The number of aryl methyl sites for hydroxylation is 11. The van der Waals surface area contributed by atoms with E-state index in [0.29, 0.717) is 0 Å². The predicted octanol–water partition coefficient (Wildman–Crippen LogP) is 36.7. The van der Waals surface area contributed by atoms with Gasteiger partial charge < -0.3 is 0 Å². The summed E-state index contributed by atoms with van der Waals surface area (Å²) in [5.41, 5.74) is 32.8. The lowest BCUT2D eigenvalue weighted by atomic mass is 9.65. The molecule has 141 heavy (non-hydrogen) atoms. The van der Waals surface area contributed by atoms with Crippen LogP contribution in [-0.4, -0.2) is 8.07 Å². The molecule has 0 bridgehead atoms. The van der Waals surface area contributed by atoms with Gasteiger partial charge in [0.2, 0.25) is 0 Å². The minimum absolute atomic E-state index is 0.0767. The van der Waals surface area contributed by atoms with Crippen LogP contribution in [0.2, 0.25) is 19.6 Å². The molecule has 17 rings (SSSR count). The van der Waals surface area contributed by atoms with Crippen molar-refractivity contribution in [3.05, 3.63) is 605 Å². The number of para-hydroxylation sites is 1. The molecule has 0 saturated carbocycles. The van der Waals surface area contributed by atoms with E-state index in [2.05, 4.69) is 539 Å². The van der Waals surface area contributed by atoms with Crippen molar-refractivity contribution in [3.63, 3.8) is 0 Å². The van der Waals surface area contributed by atoms with Gasteiger partial charge in [-0.25, -0.2) is 4.85 Å². The summed E-state index contributed by atoms with van der Waals surface area (Å²) in [4.78, 5) is 3.32. The summed E-state index contributed by atoms with van der Waals surface area (Å²) in [6.07, 6.45) is 0. The molecule has 4 heteroatoms. The monoisotopic (exact) mass is 1870 g/mol. The van der Waals surface area contributed by atoms with E-state index in [1.165, 1.54) is 117 Å². The molecule has 0 spiro atoms. The molecular weight excluding hydrogens is 1720 g/mol. The summed E-state index contributed by atoms with van der Waals surface area (Å²) in [5, 5.41) is 18.3.